The summed E-state index contributed by atoms with van der Waals surface area (Å²) in [6.45, 7) is 9.05. The lowest BCUT2D eigenvalue weighted by molar-refractivity contribution is 0.0128. The quantitative estimate of drug-likeness (QED) is 0.801. The van der Waals surface area contributed by atoms with Gasteiger partial charge in [-0.05, 0) is 58.4 Å². The third kappa shape index (κ3) is 4.96. The van der Waals surface area contributed by atoms with Crippen LogP contribution in [0.4, 0.5) is 5.69 Å². The van der Waals surface area contributed by atoms with Gasteiger partial charge in [0.1, 0.15) is 5.75 Å². The van der Waals surface area contributed by atoms with Crippen molar-refractivity contribution >= 4 is 5.69 Å². The van der Waals surface area contributed by atoms with Gasteiger partial charge in [0.15, 0.2) is 0 Å². The predicted molar refractivity (Wildman–Crippen MR) is 76.4 cm³/mol. The molecular weight excluding hydrogens is 226 g/mol. The molecule has 3 nitrogen and oxygen atoms in total. The van der Waals surface area contributed by atoms with E-state index in [0.29, 0.717) is 12.6 Å². The van der Waals surface area contributed by atoms with Crippen molar-refractivity contribution in [1.29, 1.82) is 0 Å². The summed E-state index contributed by atoms with van der Waals surface area (Å²) in [5, 5.41) is 3.47. The van der Waals surface area contributed by atoms with Gasteiger partial charge >= 0.3 is 0 Å². The molecule has 0 heterocycles. The van der Waals surface area contributed by atoms with E-state index in [1.807, 2.05) is 31.2 Å². The van der Waals surface area contributed by atoms with E-state index in [9.17, 15) is 0 Å². The molecule has 0 aliphatic rings. The normalized spacial score (nSPS) is 13.2. The number of benzene rings is 1. The molecule has 3 heteroatoms. The molecule has 1 rings (SSSR count). The second-order valence-corrected chi connectivity index (χ2v) is 5.17. The summed E-state index contributed by atoms with van der Waals surface area (Å²) in [7, 11) is 1.75. The number of anilines is 1. The highest BCUT2D eigenvalue weighted by Crippen LogP contribution is 2.20. The van der Waals surface area contributed by atoms with Gasteiger partial charge in [-0.15, -0.1) is 0 Å². The van der Waals surface area contributed by atoms with Crippen LogP contribution in [0.2, 0.25) is 0 Å². The Morgan fingerprint density at radius 3 is 2.33 bits per heavy atom. The maximum atomic E-state index is 5.44. The molecule has 1 unspecified atom stereocenters. The minimum atomic E-state index is -0.0995. The van der Waals surface area contributed by atoms with Crippen molar-refractivity contribution in [2.75, 3.05) is 19.0 Å². The van der Waals surface area contributed by atoms with Crippen LogP contribution in [-0.4, -0.2) is 25.4 Å². The molecule has 102 valence electrons. The van der Waals surface area contributed by atoms with Crippen molar-refractivity contribution in [2.45, 2.75) is 45.8 Å². The Morgan fingerprint density at radius 2 is 1.83 bits per heavy atom. The van der Waals surface area contributed by atoms with Gasteiger partial charge in [-0.1, -0.05) is 0 Å². The monoisotopic (exact) mass is 251 g/mol. The molecule has 0 aliphatic carbocycles. The molecular formula is C15H25NO2. The minimum absolute atomic E-state index is 0.0995. The summed E-state index contributed by atoms with van der Waals surface area (Å²) < 4.78 is 10.9. The Balaban J connectivity index is 2.51. The lowest BCUT2D eigenvalue weighted by atomic mass is 10.00. The van der Waals surface area contributed by atoms with Crippen molar-refractivity contribution in [1.82, 2.24) is 0 Å². The minimum Gasteiger partial charge on any atom is -0.494 e. The van der Waals surface area contributed by atoms with Crippen LogP contribution in [-0.2, 0) is 4.74 Å². The molecule has 0 bridgehead atoms. The molecule has 1 atom stereocenters. The van der Waals surface area contributed by atoms with E-state index in [-0.39, 0.29) is 5.60 Å². The SMILES string of the molecule is CCOc1ccc(NC(C)CC(C)(C)OC)cc1. The first-order valence-electron chi connectivity index (χ1n) is 6.51. The molecule has 1 aromatic rings. The lowest BCUT2D eigenvalue weighted by Gasteiger charge is -2.27. The van der Waals surface area contributed by atoms with E-state index in [2.05, 4.69) is 26.1 Å². The molecule has 1 aromatic carbocycles. The highest BCUT2D eigenvalue weighted by atomic mass is 16.5. The van der Waals surface area contributed by atoms with E-state index in [0.717, 1.165) is 17.9 Å². The predicted octanol–water partition coefficient (Wildman–Crippen LogP) is 3.70. The van der Waals surface area contributed by atoms with Gasteiger partial charge in [-0.2, -0.15) is 0 Å². The van der Waals surface area contributed by atoms with Gasteiger partial charge < -0.3 is 14.8 Å². The zero-order chi connectivity index (χ0) is 13.6. The van der Waals surface area contributed by atoms with Crippen LogP contribution in [0.1, 0.15) is 34.1 Å². The highest BCUT2D eigenvalue weighted by Gasteiger charge is 2.19. The maximum absolute atomic E-state index is 5.44. The van der Waals surface area contributed by atoms with Gasteiger partial charge in [-0.25, -0.2) is 0 Å². The van der Waals surface area contributed by atoms with E-state index in [4.69, 9.17) is 9.47 Å². The highest BCUT2D eigenvalue weighted by molar-refractivity contribution is 5.47. The molecule has 0 aromatic heterocycles. The summed E-state index contributed by atoms with van der Waals surface area (Å²) in [6.07, 6.45) is 0.955. The first kappa shape index (κ1) is 14.8. The molecule has 0 saturated heterocycles. The van der Waals surface area contributed by atoms with E-state index in [1.165, 1.54) is 0 Å². The molecule has 18 heavy (non-hydrogen) atoms. The van der Waals surface area contributed by atoms with Gasteiger partial charge in [0, 0.05) is 18.8 Å². The second kappa shape index (κ2) is 6.64. The van der Waals surface area contributed by atoms with Crippen LogP contribution < -0.4 is 10.1 Å². The van der Waals surface area contributed by atoms with Crippen LogP contribution in [0.25, 0.3) is 0 Å². The fraction of sp³-hybridized carbons (Fsp3) is 0.600. The summed E-state index contributed by atoms with van der Waals surface area (Å²) in [4.78, 5) is 0. The number of ether oxygens (including phenoxy) is 2. The fourth-order valence-electron chi connectivity index (χ4n) is 1.97. The summed E-state index contributed by atoms with van der Waals surface area (Å²) in [5.41, 5.74) is 1.01. The number of nitrogens with one attached hydrogen (secondary N) is 1. The topological polar surface area (TPSA) is 30.5 Å². The van der Waals surface area contributed by atoms with Crippen LogP contribution in [0.15, 0.2) is 24.3 Å². The third-order valence-electron chi connectivity index (χ3n) is 2.93. The number of hydrogen-bond donors (Lipinski definition) is 1. The maximum Gasteiger partial charge on any atom is 0.119 e. The Labute approximate surface area is 110 Å². The molecule has 0 aliphatic heterocycles. The van der Waals surface area contributed by atoms with Gasteiger partial charge in [-0.3, -0.25) is 0 Å². The largest absolute Gasteiger partial charge is 0.494 e. The first-order valence-corrected chi connectivity index (χ1v) is 6.51. The Morgan fingerprint density at radius 1 is 1.22 bits per heavy atom. The van der Waals surface area contributed by atoms with E-state index >= 15 is 0 Å². The molecule has 0 amide bonds. The van der Waals surface area contributed by atoms with Crippen LogP contribution >= 0.6 is 0 Å². The summed E-state index contributed by atoms with van der Waals surface area (Å²) in [6, 6.07) is 8.42. The van der Waals surface area contributed by atoms with Crippen LogP contribution in [0.3, 0.4) is 0 Å². The molecule has 0 spiro atoms. The average molecular weight is 251 g/mol. The van der Waals surface area contributed by atoms with Crippen molar-refractivity contribution < 1.29 is 9.47 Å². The fourth-order valence-corrected chi connectivity index (χ4v) is 1.97. The molecule has 0 saturated carbocycles. The Hall–Kier alpha value is -1.22. The average Bonchev–Trinajstić information content (AvgIpc) is 2.31. The second-order valence-electron chi connectivity index (χ2n) is 5.17. The Bertz CT molecular complexity index is 346. The van der Waals surface area contributed by atoms with Crippen molar-refractivity contribution in [3.05, 3.63) is 24.3 Å². The molecule has 1 N–H and O–H groups in total. The van der Waals surface area contributed by atoms with Crippen molar-refractivity contribution in [3.8, 4) is 5.75 Å². The summed E-state index contributed by atoms with van der Waals surface area (Å²) >= 11 is 0. The van der Waals surface area contributed by atoms with Gasteiger partial charge in [0.05, 0.1) is 12.2 Å². The van der Waals surface area contributed by atoms with E-state index in [1.54, 1.807) is 7.11 Å². The standard InChI is InChI=1S/C15H25NO2/c1-6-18-14-9-7-13(8-10-14)16-12(2)11-15(3,4)17-5/h7-10,12,16H,6,11H2,1-5H3. The number of rotatable bonds is 7. The summed E-state index contributed by atoms with van der Waals surface area (Å²) in [5.74, 6) is 0.910. The Kier molecular flexibility index (Phi) is 5.48. The van der Waals surface area contributed by atoms with Crippen LogP contribution in [0, 0.1) is 0 Å². The van der Waals surface area contributed by atoms with Crippen LogP contribution in [0.5, 0.6) is 5.75 Å². The number of hydrogen-bond acceptors (Lipinski definition) is 3. The number of methoxy groups -OCH3 is 1. The zero-order valence-electron chi connectivity index (χ0n) is 12.1. The van der Waals surface area contributed by atoms with E-state index < -0.39 is 0 Å². The first-order chi connectivity index (χ1) is 8.46. The molecule has 0 radical (unpaired) electrons. The van der Waals surface area contributed by atoms with Crippen molar-refractivity contribution in [2.24, 2.45) is 0 Å². The third-order valence-corrected chi connectivity index (χ3v) is 2.93. The lowest BCUT2D eigenvalue weighted by Crippen LogP contribution is -2.31. The zero-order valence-corrected chi connectivity index (χ0v) is 12.1. The smallest absolute Gasteiger partial charge is 0.119 e. The molecule has 0 fully saturated rings. The van der Waals surface area contributed by atoms with Gasteiger partial charge in [0.25, 0.3) is 0 Å². The van der Waals surface area contributed by atoms with Crippen molar-refractivity contribution in [3.63, 3.8) is 0 Å². The van der Waals surface area contributed by atoms with Gasteiger partial charge in [0.2, 0.25) is 0 Å².